The van der Waals surface area contributed by atoms with E-state index < -0.39 is 0 Å². The Balaban J connectivity index is 1.14. The Morgan fingerprint density at radius 2 is 1.91 bits per heavy atom. The smallest absolute Gasteiger partial charge is 0.254 e. The Bertz CT molecular complexity index is 1210. The van der Waals surface area contributed by atoms with Crippen LogP contribution in [0.3, 0.4) is 0 Å². The van der Waals surface area contributed by atoms with Gasteiger partial charge in [-0.2, -0.15) is 0 Å². The minimum Gasteiger partial charge on any atom is -0.454 e. The molecule has 180 valence electrons. The molecule has 3 aromatic rings. The van der Waals surface area contributed by atoms with Crippen LogP contribution >= 0.6 is 11.8 Å². The zero-order valence-electron chi connectivity index (χ0n) is 19.1. The number of fused-ring (bicyclic) bond motifs is 1. The van der Waals surface area contributed by atoms with Crippen molar-refractivity contribution in [2.45, 2.75) is 24.0 Å². The summed E-state index contributed by atoms with van der Waals surface area (Å²) in [7, 11) is 0. The fourth-order valence-corrected chi connectivity index (χ4v) is 4.97. The molecule has 0 unspecified atom stereocenters. The van der Waals surface area contributed by atoms with Crippen LogP contribution in [0.2, 0.25) is 0 Å². The second-order valence-corrected chi connectivity index (χ2v) is 9.40. The Hall–Kier alpha value is -3.56. The van der Waals surface area contributed by atoms with Crippen molar-refractivity contribution in [3.05, 3.63) is 78.0 Å². The SMILES string of the molecule is O=C(CSc1ncccc1C(=O)N[C@@H]1CCN(Cc2ccccc2)C1)Nc1ccc2c(c1)OCO2. The van der Waals surface area contributed by atoms with E-state index in [1.165, 1.54) is 17.3 Å². The lowest BCUT2D eigenvalue weighted by atomic mass is 10.2. The monoisotopic (exact) mass is 490 g/mol. The Kier molecular flexibility index (Phi) is 7.15. The molecule has 2 amide bonds. The molecule has 1 aromatic heterocycles. The molecule has 3 heterocycles. The molecule has 9 heteroatoms. The molecule has 1 atom stereocenters. The molecule has 2 N–H and O–H groups in total. The predicted molar refractivity (Wildman–Crippen MR) is 134 cm³/mol. The Morgan fingerprint density at radius 3 is 2.80 bits per heavy atom. The summed E-state index contributed by atoms with van der Waals surface area (Å²) in [5, 5.41) is 6.52. The van der Waals surface area contributed by atoms with Gasteiger partial charge < -0.3 is 20.1 Å². The summed E-state index contributed by atoms with van der Waals surface area (Å²) in [5.41, 5.74) is 2.37. The number of likely N-dealkylation sites (tertiary alicyclic amines) is 1. The van der Waals surface area contributed by atoms with Crippen molar-refractivity contribution in [1.29, 1.82) is 0 Å². The van der Waals surface area contributed by atoms with Gasteiger partial charge in [0.15, 0.2) is 11.5 Å². The fourth-order valence-electron chi connectivity index (χ4n) is 4.18. The number of benzene rings is 2. The highest BCUT2D eigenvalue weighted by molar-refractivity contribution is 8.00. The zero-order chi connectivity index (χ0) is 24.0. The number of thioether (sulfide) groups is 1. The van der Waals surface area contributed by atoms with Crippen molar-refractivity contribution in [3.8, 4) is 11.5 Å². The van der Waals surface area contributed by atoms with Crippen LogP contribution in [0.4, 0.5) is 5.69 Å². The van der Waals surface area contributed by atoms with Crippen LogP contribution in [-0.2, 0) is 11.3 Å². The summed E-state index contributed by atoms with van der Waals surface area (Å²) in [5.74, 6) is 1.03. The molecule has 35 heavy (non-hydrogen) atoms. The fraction of sp³-hybridized carbons (Fsp3) is 0.269. The first-order valence-electron chi connectivity index (χ1n) is 11.5. The summed E-state index contributed by atoms with van der Waals surface area (Å²) in [6, 6.07) is 19.2. The largest absolute Gasteiger partial charge is 0.454 e. The highest BCUT2D eigenvalue weighted by Crippen LogP contribution is 2.34. The summed E-state index contributed by atoms with van der Waals surface area (Å²) in [6.07, 6.45) is 2.53. The average Bonchev–Trinajstić information content (AvgIpc) is 3.52. The van der Waals surface area contributed by atoms with Gasteiger partial charge in [0.05, 0.1) is 11.3 Å². The summed E-state index contributed by atoms with van der Waals surface area (Å²) < 4.78 is 10.6. The van der Waals surface area contributed by atoms with Gasteiger partial charge in [-0.25, -0.2) is 4.98 Å². The standard InChI is InChI=1S/C26H26N4O4S/c31-24(28-19-8-9-22-23(13-19)34-17-33-22)16-35-26-21(7-4-11-27-26)25(32)29-20-10-12-30(15-20)14-18-5-2-1-3-6-18/h1-9,11,13,20H,10,12,14-17H2,(H,28,31)(H,29,32)/t20-/m1/s1. The van der Waals surface area contributed by atoms with Crippen LogP contribution in [0.25, 0.3) is 0 Å². The van der Waals surface area contributed by atoms with Gasteiger partial charge in [-0.1, -0.05) is 42.1 Å². The number of amides is 2. The number of aromatic nitrogens is 1. The predicted octanol–water partition coefficient (Wildman–Crippen LogP) is 3.55. The first-order chi connectivity index (χ1) is 17.1. The van der Waals surface area contributed by atoms with Gasteiger partial charge in [-0.15, -0.1) is 0 Å². The van der Waals surface area contributed by atoms with Crippen molar-refractivity contribution in [3.63, 3.8) is 0 Å². The van der Waals surface area contributed by atoms with E-state index in [0.29, 0.717) is 27.8 Å². The van der Waals surface area contributed by atoms with E-state index in [0.717, 1.165) is 26.1 Å². The third-order valence-electron chi connectivity index (χ3n) is 5.87. The molecule has 1 saturated heterocycles. The molecule has 2 aliphatic heterocycles. The topological polar surface area (TPSA) is 92.8 Å². The summed E-state index contributed by atoms with van der Waals surface area (Å²) >= 11 is 1.24. The second-order valence-electron chi connectivity index (χ2n) is 8.44. The van der Waals surface area contributed by atoms with Gasteiger partial charge in [0, 0.05) is 43.6 Å². The molecule has 0 spiro atoms. The van der Waals surface area contributed by atoms with Crippen molar-refractivity contribution < 1.29 is 19.1 Å². The summed E-state index contributed by atoms with van der Waals surface area (Å²) in [6.45, 7) is 2.80. The normalized spacial score (nSPS) is 16.7. The number of carbonyl (C=O) groups is 2. The van der Waals surface area contributed by atoms with Crippen LogP contribution in [0.5, 0.6) is 11.5 Å². The van der Waals surface area contributed by atoms with Gasteiger partial charge in [0.2, 0.25) is 12.7 Å². The van der Waals surface area contributed by atoms with Crippen molar-refractivity contribution in [1.82, 2.24) is 15.2 Å². The minimum absolute atomic E-state index is 0.0820. The number of rotatable bonds is 8. The Morgan fingerprint density at radius 1 is 1.06 bits per heavy atom. The molecule has 2 aromatic carbocycles. The molecular formula is C26H26N4O4S. The van der Waals surface area contributed by atoms with Crippen LogP contribution in [0, 0.1) is 0 Å². The highest BCUT2D eigenvalue weighted by Gasteiger charge is 2.25. The third kappa shape index (κ3) is 5.93. The Labute approximate surface area is 208 Å². The minimum atomic E-state index is -0.196. The molecule has 0 saturated carbocycles. The molecular weight excluding hydrogens is 464 g/mol. The number of carbonyl (C=O) groups excluding carboxylic acids is 2. The first kappa shape index (κ1) is 23.2. The van der Waals surface area contributed by atoms with Crippen molar-refractivity contribution in [2.75, 3.05) is 31.0 Å². The molecule has 0 aliphatic carbocycles. The maximum absolute atomic E-state index is 13.0. The van der Waals surface area contributed by atoms with E-state index in [2.05, 4.69) is 32.7 Å². The van der Waals surface area contributed by atoms with Crippen LogP contribution in [-0.4, -0.2) is 53.4 Å². The lowest BCUT2D eigenvalue weighted by molar-refractivity contribution is -0.113. The van der Waals surface area contributed by atoms with Crippen molar-refractivity contribution in [2.24, 2.45) is 0 Å². The van der Waals surface area contributed by atoms with Gasteiger partial charge in [-0.3, -0.25) is 14.5 Å². The maximum Gasteiger partial charge on any atom is 0.254 e. The number of nitrogens with zero attached hydrogens (tertiary/aromatic N) is 2. The number of ether oxygens (including phenoxy) is 2. The number of hydrogen-bond acceptors (Lipinski definition) is 7. The van der Waals surface area contributed by atoms with Crippen molar-refractivity contribution >= 4 is 29.3 Å². The van der Waals surface area contributed by atoms with Gasteiger partial charge >= 0.3 is 0 Å². The van der Waals surface area contributed by atoms with E-state index in [1.807, 2.05) is 18.2 Å². The molecule has 1 fully saturated rings. The van der Waals surface area contributed by atoms with E-state index in [-0.39, 0.29) is 30.4 Å². The van der Waals surface area contributed by atoms with E-state index in [4.69, 9.17) is 9.47 Å². The first-order valence-corrected chi connectivity index (χ1v) is 12.5. The van der Waals surface area contributed by atoms with Gasteiger partial charge in [0.25, 0.3) is 5.91 Å². The third-order valence-corrected chi connectivity index (χ3v) is 6.87. The maximum atomic E-state index is 13.0. The van der Waals surface area contributed by atoms with E-state index in [9.17, 15) is 9.59 Å². The molecule has 0 bridgehead atoms. The molecule has 0 radical (unpaired) electrons. The van der Waals surface area contributed by atoms with Gasteiger partial charge in [0.1, 0.15) is 5.03 Å². The van der Waals surface area contributed by atoms with Crippen LogP contribution in [0.15, 0.2) is 71.9 Å². The van der Waals surface area contributed by atoms with Crippen LogP contribution < -0.4 is 20.1 Å². The van der Waals surface area contributed by atoms with Crippen LogP contribution in [0.1, 0.15) is 22.3 Å². The average molecular weight is 491 g/mol. The van der Waals surface area contributed by atoms with E-state index >= 15 is 0 Å². The lowest BCUT2D eigenvalue weighted by Crippen LogP contribution is -2.37. The number of pyridine rings is 1. The second kappa shape index (κ2) is 10.8. The highest BCUT2D eigenvalue weighted by atomic mass is 32.2. The van der Waals surface area contributed by atoms with Gasteiger partial charge in [-0.05, 0) is 36.2 Å². The number of nitrogens with one attached hydrogen (secondary N) is 2. The molecule has 2 aliphatic rings. The zero-order valence-corrected chi connectivity index (χ0v) is 19.9. The van der Waals surface area contributed by atoms with E-state index in [1.54, 1.807) is 36.5 Å². The number of anilines is 1. The summed E-state index contributed by atoms with van der Waals surface area (Å²) in [4.78, 5) is 32.2. The quantitative estimate of drug-likeness (QED) is 0.467. The lowest BCUT2D eigenvalue weighted by Gasteiger charge is -2.17. The molecule has 5 rings (SSSR count). The molecule has 8 nitrogen and oxygen atoms in total. The number of hydrogen-bond donors (Lipinski definition) is 2.